The van der Waals surface area contributed by atoms with Crippen LogP contribution < -0.4 is 5.32 Å². The monoisotopic (exact) mass is 341 g/mol. The van der Waals surface area contributed by atoms with Crippen LogP contribution >= 0.6 is 11.8 Å². The molecule has 1 amide bonds. The van der Waals surface area contributed by atoms with Gasteiger partial charge in [0.15, 0.2) is 0 Å². The molecule has 126 valence electrons. The number of benzene rings is 2. The second-order valence-corrected chi connectivity index (χ2v) is 7.19. The highest BCUT2D eigenvalue weighted by Crippen LogP contribution is 2.23. The van der Waals surface area contributed by atoms with Crippen molar-refractivity contribution in [3.05, 3.63) is 65.2 Å². The fourth-order valence-corrected chi connectivity index (χ4v) is 3.52. The number of hydrogen-bond donors (Lipinski definition) is 1. The van der Waals surface area contributed by atoms with E-state index in [4.69, 9.17) is 4.74 Å². The summed E-state index contributed by atoms with van der Waals surface area (Å²) in [7, 11) is 0. The molecule has 1 aliphatic heterocycles. The SMILES string of the molecule is Cc1ccc(SCc2ccc(C(=O)NCC3CCCO3)cc2)cc1. The fourth-order valence-electron chi connectivity index (χ4n) is 2.67. The zero-order valence-corrected chi connectivity index (χ0v) is 14.8. The number of hydrogen-bond acceptors (Lipinski definition) is 3. The third-order valence-electron chi connectivity index (χ3n) is 4.16. The normalized spacial score (nSPS) is 17.0. The maximum absolute atomic E-state index is 12.2. The van der Waals surface area contributed by atoms with Crippen LogP contribution in [0.25, 0.3) is 0 Å². The molecule has 1 atom stereocenters. The van der Waals surface area contributed by atoms with Gasteiger partial charge in [-0.25, -0.2) is 0 Å². The molecule has 0 saturated carbocycles. The van der Waals surface area contributed by atoms with Crippen molar-refractivity contribution in [3.8, 4) is 0 Å². The van der Waals surface area contributed by atoms with Crippen molar-refractivity contribution in [2.24, 2.45) is 0 Å². The van der Waals surface area contributed by atoms with Crippen LogP contribution in [0.1, 0.15) is 34.3 Å². The van der Waals surface area contributed by atoms with Crippen molar-refractivity contribution in [3.63, 3.8) is 0 Å². The highest BCUT2D eigenvalue weighted by molar-refractivity contribution is 7.98. The lowest BCUT2D eigenvalue weighted by Gasteiger charge is -2.11. The Hall–Kier alpha value is -1.78. The average molecular weight is 341 g/mol. The van der Waals surface area contributed by atoms with Gasteiger partial charge < -0.3 is 10.1 Å². The number of aryl methyl sites for hydroxylation is 1. The van der Waals surface area contributed by atoms with Gasteiger partial charge in [0.05, 0.1) is 6.10 Å². The van der Waals surface area contributed by atoms with Gasteiger partial charge in [0.25, 0.3) is 5.91 Å². The van der Waals surface area contributed by atoms with E-state index in [2.05, 4.69) is 36.5 Å². The van der Waals surface area contributed by atoms with Crippen LogP contribution in [0.15, 0.2) is 53.4 Å². The van der Waals surface area contributed by atoms with Crippen LogP contribution in [0.2, 0.25) is 0 Å². The molecule has 0 spiro atoms. The fraction of sp³-hybridized carbons (Fsp3) is 0.350. The standard InChI is InChI=1S/C20H23NO2S/c1-15-4-10-19(11-5-15)24-14-16-6-8-17(9-7-16)20(22)21-13-18-3-2-12-23-18/h4-11,18H,2-3,12-14H2,1H3,(H,21,22). The van der Waals surface area contributed by atoms with E-state index < -0.39 is 0 Å². The quantitative estimate of drug-likeness (QED) is 0.801. The Morgan fingerprint density at radius 2 is 1.92 bits per heavy atom. The van der Waals surface area contributed by atoms with E-state index in [0.717, 1.165) is 25.2 Å². The number of carbonyl (C=O) groups excluding carboxylic acids is 1. The summed E-state index contributed by atoms with van der Waals surface area (Å²) in [5.41, 5.74) is 3.20. The number of rotatable bonds is 6. The van der Waals surface area contributed by atoms with Crippen molar-refractivity contribution in [1.29, 1.82) is 0 Å². The van der Waals surface area contributed by atoms with Crippen molar-refractivity contribution < 1.29 is 9.53 Å². The van der Waals surface area contributed by atoms with Crippen LogP contribution in [0, 0.1) is 6.92 Å². The molecule has 1 aliphatic rings. The molecule has 4 heteroatoms. The van der Waals surface area contributed by atoms with Gasteiger partial charge >= 0.3 is 0 Å². The van der Waals surface area contributed by atoms with Gasteiger partial charge in [0.1, 0.15) is 0 Å². The Morgan fingerprint density at radius 1 is 1.17 bits per heavy atom. The Bertz CT molecular complexity index is 661. The molecule has 1 saturated heterocycles. The maximum atomic E-state index is 12.2. The first-order valence-electron chi connectivity index (χ1n) is 8.39. The first-order chi connectivity index (χ1) is 11.7. The molecule has 0 bridgehead atoms. The molecule has 2 aromatic rings. The van der Waals surface area contributed by atoms with Crippen LogP contribution in [0.5, 0.6) is 0 Å². The second kappa shape index (κ2) is 8.36. The molecule has 2 aromatic carbocycles. The number of carbonyl (C=O) groups is 1. The van der Waals surface area contributed by atoms with E-state index >= 15 is 0 Å². The van der Waals surface area contributed by atoms with Crippen LogP contribution in [0.4, 0.5) is 0 Å². The van der Waals surface area contributed by atoms with Crippen molar-refractivity contribution in [1.82, 2.24) is 5.32 Å². The molecule has 1 N–H and O–H groups in total. The summed E-state index contributed by atoms with van der Waals surface area (Å²) < 4.78 is 5.52. The highest BCUT2D eigenvalue weighted by Gasteiger charge is 2.16. The minimum Gasteiger partial charge on any atom is -0.376 e. The van der Waals surface area contributed by atoms with Crippen LogP contribution in [-0.4, -0.2) is 25.2 Å². The Labute approximate surface area is 147 Å². The molecule has 0 aliphatic carbocycles. The predicted octanol–water partition coefficient (Wildman–Crippen LogP) is 4.20. The van der Waals surface area contributed by atoms with Gasteiger partial charge in [-0.1, -0.05) is 29.8 Å². The molecule has 3 rings (SSSR count). The lowest BCUT2D eigenvalue weighted by atomic mass is 10.1. The zero-order chi connectivity index (χ0) is 16.8. The van der Waals surface area contributed by atoms with Gasteiger partial charge in [-0.2, -0.15) is 0 Å². The number of ether oxygens (including phenoxy) is 1. The molecule has 0 radical (unpaired) electrons. The van der Waals surface area contributed by atoms with Crippen molar-refractivity contribution in [2.75, 3.05) is 13.2 Å². The average Bonchev–Trinajstić information content (AvgIpc) is 3.13. The van der Waals surface area contributed by atoms with Crippen molar-refractivity contribution >= 4 is 17.7 Å². The summed E-state index contributed by atoms with van der Waals surface area (Å²) in [6.07, 6.45) is 2.31. The minimum absolute atomic E-state index is 0.0248. The van der Waals surface area contributed by atoms with Crippen LogP contribution in [0.3, 0.4) is 0 Å². The van der Waals surface area contributed by atoms with E-state index in [0.29, 0.717) is 12.1 Å². The molecule has 0 aromatic heterocycles. The first-order valence-corrected chi connectivity index (χ1v) is 9.37. The van der Waals surface area contributed by atoms with Crippen LogP contribution in [-0.2, 0) is 10.5 Å². The largest absolute Gasteiger partial charge is 0.376 e. The first kappa shape index (κ1) is 17.1. The Balaban J connectivity index is 1.48. The summed E-state index contributed by atoms with van der Waals surface area (Å²) >= 11 is 1.81. The lowest BCUT2D eigenvalue weighted by Crippen LogP contribution is -2.31. The molecule has 1 unspecified atom stereocenters. The minimum atomic E-state index is -0.0248. The van der Waals surface area contributed by atoms with E-state index in [9.17, 15) is 4.79 Å². The number of amides is 1. The Morgan fingerprint density at radius 3 is 2.58 bits per heavy atom. The topological polar surface area (TPSA) is 38.3 Å². The van der Waals surface area contributed by atoms with Gasteiger partial charge in [-0.05, 0) is 49.6 Å². The lowest BCUT2D eigenvalue weighted by molar-refractivity contribution is 0.0858. The smallest absolute Gasteiger partial charge is 0.251 e. The zero-order valence-electron chi connectivity index (χ0n) is 14.0. The second-order valence-electron chi connectivity index (χ2n) is 6.14. The maximum Gasteiger partial charge on any atom is 0.251 e. The van der Waals surface area contributed by atoms with Gasteiger partial charge in [-0.3, -0.25) is 4.79 Å². The molecule has 1 fully saturated rings. The third kappa shape index (κ3) is 4.86. The summed E-state index contributed by atoms with van der Waals surface area (Å²) in [4.78, 5) is 13.4. The van der Waals surface area contributed by atoms with Gasteiger partial charge in [0, 0.05) is 29.4 Å². The molecule has 24 heavy (non-hydrogen) atoms. The van der Waals surface area contributed by atoms with E-state index in [1.165, 1.54) is 16.0 Å². The van der Waals surface area contributed by atoms with E-state index in [1.54, 1.807) is 11.8 Å². The molecular formula is C20H23NO2S. The predicted molar refractivity (Wildman–Crippen MR) is 98.5 cm³/mol. The Kier molecular flexibility index (Phi) is 5.94. The van der Waals surface area contributed by atoms with E-state index in [1.807, 2.05) is 24.3 Å². The highest BCUT2D eigenvalue weighted by atomic mass is 32.2. The van der Waals surface area contributed by atoms with E-state index in [-0.39, 0.29) is 12.0 Å². The molecule has 1 heterocycles. The number of nitrogens with one attached hydrogen (secondary N) is 1. The van der Waals surface area contributed by atoms with Gasteiger partial charge in [0.2, 0.25) is 0 Å². The van der Waals surface area contributed by atoms with Crippen molar-refractivity contribution in [2.45, 2.75) is 36.5 Å². The molecule has 3 nitrogen and oxygen atoms in total. The van der Waals surface area contributed by atoms with Gasteiger partial charge in [-0.15, -0.1) is 11.8 Å². The third-order valence-corrected chi connectivity index (χ3v) is 5.24. The molecular weight excluding hydrogens is 318 g/mol. The summed E-state index contributed by atoms with van der Waals surface area (Å²) in [6.45, 7) is 3.51. The summed E-state index contributed by atoms with van der Waals surface area (Å²) in [6, 6.07) is 16.4. The number of thioether (sulfide) groups is 1. The summed E-state index contributed by atoms with van der Waals surface area (Å²) in [5, 5.41) is 2.95. The summed E-state index contributed by atoms with van der Waals surface area (Å²) in [5.74, 6) is 0.879.